The molecule has 1 aliphatic carbocycles. The average Bonchev–Trinajstić information content (AvgIpc) is 3.34. The number of rotatable bonds is 6. The minimum absolute atomic E-state index is 0.388. The fourth-order valence-corrected chi connectivity index (χ4v) is 3.91. The maximum Gasteiger partial charge on any atom is 0.0334 e. The minimum Gasteiger partial charge on any atom is -0.311 e. The van der Waals surface area contributed by atoms with Gasteiger partial charge in [0.25, 0.3) is 0 Å². The van der Waals surface area contributed by atoms with Gasteiger partial charge in [-0.3, -0.25) is 4.90 Å². The summed E-state index contributed by atoms with van der Waals surface area (Å²) in [6, 6.07) is 11.7. The lowest BCUT2D eigenvalue weighted by Crippen LogP contribution is -2.64. The number of benzene rings is 1. The maximum atomic E-state index is 3.82. The van der Waals surface area contributed by atoms with Gasteiger partial charge in [-0.1, -0.05) is 43.7 Å². The first-order valence-corrected chi connectivity index (χ1v) is 8.74. The monoisotopic (exact) mass is 286 g/mol. The highest BCUT2D eigenvalue weighted by molar-refractivity contribution is 5.15. The molecule has 2 unspecified atom stereocenters. The molecule has 1 aromatic carbocycles. The standard InChI is InChI=1S/C19H30N2/c1-3-7-18-14-21(13-12-16-8-5-4-6-9-16)19(2,15-20-18)17-10-11-17/h4-6,8-9,17-18,20H,3,7,10-15H2,1-2H3. The molecule has 2 nitrogen and oxygen atoms in total. The molecule has 1 aromatic rings. The van der Waals surface area contributed by atoms with Gasteiger partial charge in [-0.25, -0.2) is 0 Å². The Morgan fingerprint density at radius 2 is 2.00 bits per heavy atom. The van der Waals surface area contributed by atoms with E-state index in [1.165, 1.54) is 57.3 Å². The van der Waals surface area contributed by atoms with Crippen LogP contribution in [0.5, 0.6) is 0 Å². The van der Waals surface area contributed by atoms with Crippen molar-refractivity contribution in [1.29, 1.82) is 0 Å². The predicted octanol–water partition coefficient (Wildman–Crippen LogP) is 3.47. The molecule has 1 saturated carbocycles. The van der Waals surface area contributed by atoms with Crippen molar-refractivity contribution in [1.82, 2.24) is 10.2 Å². The fraction of sp³-hybridized carbons (Fsp3) is 0.684. The van der Waals surface area contributed by atoms with E-state index in [0.717, 1.165) is 5.92 Å². The normalized spacial score (nSPS) is 30.5. The molecule has 116 valence electrons. The molecule has 2 fully saturated rings. The van der Waals surface area contributed by atoms with Crippen molar-refractivity contribution in [3.05, 3.63) is 35.9 Å². The third kappa shape index (κ3) is 3.49. The molecule has 0 bridgehead atoms. The third-order valence-electron chi connectivity index (χ3n) is 5.52. The van der Waals surface area contributed by atoms with Crippen molar-refractivity contribution in [2.45, 2.75) is 57.5 Å². The quantitative estimate of drug-likeness (QED) is 0.861. The molecule has 1 N–H and O–H groups in total. The van der Waals surface area contributed by atoms with E-state index in [4.69, 9.17) is 0 Å². The molecule has 1 aliphatic heterocycles. The van der Waals surface area contributed by atoms with E-state index in [-0.39, 0.29) is 0 Å². The van der Waals surface area contributed by atoms with Crippen LogP contribution in [0.3, 0.4) is 0 Å². The van der Waals surface area contributed by atoms with Gasteiger partial charge in [-0.2, -0.15) is 0 Å². The van der Waals surface area contributed by atoms with Gasteiger partial charge < -0.3 is 5.32 Å². The minimum atomic E-state index is 0.388. The molecule has 2 atom stereocenters. The first-order chi connectivity index (χ1) is 10.2. The Hall–Kier alpha value is -0.860. The van der Waals surface area contributed by atoms with Gasteiger partial charge in [-0.05, 0) is 44.1 Å². The van der Waals surface area contributed by atoms with Crippen LogP contribution in [0, 0.1) is 5.92 Å². The molecule has 0 spiro atoms. The van der Waals surface area contributed by atoms with Crippen LogP contribution in [-0.2, 0) is 6.42 Å². The predicted molar refractivity (Wildman–Crippen MR) is 89.5 cm³/mol. The van der Waals surface area contributed by atoms with Crippen LogP contribution in [0.4, 0.5) is 0 Å². The highest BCUT2D eigenvalue weighted by Gasteiger charge is 2.47. The van der Waals surface area contributed by atoms with Crippen LogP contribution in [0.2, 0.25) is 0 Å². The maximum absolute atomic E-state index is 3.82. The van der Waals surface area contributed by atoms with E-state index >= 15 is 0 Å². The van der Waals surface area contributed by atoms with E-state index in [9.17, 15) is 0 Å². The Morgan fingerprint density at radius 1 is 1.24 bits per heavy atom. The Kier molecular flexibility index (Phi) is 4.66. The van der Waals surface area contributed by atoms with Crippen LogP contribution < -0.4 is 5.32 Å². The number of hydrogen-bond donors (Lipinski definition) is 1. The highest BCUT2D eigenvalue weighted by atomic mass is 15.3. The molecular formula is C19H30N2. The Labute approximate surface area is 129 Å². The summed E-state index contributed by atoms with van der Waals surface area (Å²) < 4.78 is 0. The van der Waals surface area contributed by atoms with E-state index in [1.54, 1.807) is 0 Å². The molecule has 2 aliphatic rings. The zero-order chi connectivity index (χ0) is 14.7. The lowest BCUT2D eigenvalue weighted by atomic mass is 9.88. The molecule has 3 rings (SSSR count). The topological polar surface area (TPSA) is 15.3 Å². The molecule has 1 saturated heterocycles. The van der Waals surface area contributed by atoms with Crippen molar-refractivity contribution in [2.24, 2.45) is 5.92 Å². The van der Waals surface area contributed by atoms with Crippen LogP contribution >= 0.6 is 0 Å². The fourth-order valence-electron chi connectivity index (χ4n) is 3.91. The molecular weight excluding hydrogens is 256 g/mol. The number of piperazine rings is 1. The van der Waals surface area contributed by atoms with Gasteiger partial charge in [0, 0.05) is 31.2 Å². The number of hydrogen-bond acceptors (Lipinski definition) is 2. The van der Waals surface area contributed by atoms with Crippen molar-refractivity contribution in [3.8, 4) is 0 Å². The molecule has 0 aromatic heterocycles. The van der Waals surface area contributed by atoms with Crippen molar-refractivity contribution in [3.63, 3.8) is 0 Å². The Bertz CT molecular complexity index is 440. The highest BCUT2D eigenvalue weighted by Crippen LogP contribution is 2.44. The van der Waals surface area contributed by atoms with E-state index < -0.39 is 0 Å². The van der Waals surface area contributed by atoms with E-state index in [1.807, 2.05) is 0 Å². The molecule has 0 amide bonds. The lowest BCUT2D eigenvalue weighted by molar-refractivity contribution is 0.0341. The van der Waals surface area contributed by atoms with Crippen molar-refractivity contribution in [2.75, 3.05) is 19.6 Å². The van der Waals surface area contributed by atoms with Gasteiger partial charge in [0.15, 0.2) is 0 Å². The Balaban J connectivity index is 1.65. The molecule has 0 radical (unpaired) electrons. The van der Waals surface area contributed by atoms with Gasteiger partial charge >= 0.3 is 0 Å². The summed E-state index contributed by atoms with van der Waals surface area (Å²) in [7, 11) is 0. The summed E-state index contributed by atoms with van der Waals surface area (Å²) in [5.41, 5.74) is 1.86. The first-order valence-electron chi connectivity index (χ1n) is 8.74. The first kappa shape index (κ1) is 15.1. The molecule has 21 heavy (non-hydrogen) atoms. The molecule has 2 heteroatoms. The van der Waals surface area contributed by atoms with Crippen molar-refractivity contribution >= 4 is 0 Å². The second-order valence-corrected chi connectivity index (χ2v) is 7.18. The summed E-state index contributed by atoms with van der Waals surface area (Å²) in [5.74, 6) is 0.920. The Morgan fingerprint density at radius 3 is 2.67 bits per heavy atom. The van der Waals surface area contributed by atoms with Gasteiger partial charge in [0.05, 0.1) is 0 Å². The van der Waals surface area contributed by atoms with Crippen LogP contribution in [0.15, 0.2) is 30.3 Å². The smallest absolute Gasteiger partial charge is 0.0334 e. The largest absolute Gasteiger partial charge is 0.311 e. The van der Waals surface area contributed by atoms with Crippen molar-refractivity contribution < 1.29 is 0 Å². The van der Waals surface area contributed by atoms with Gasteiger partial charge in [0.1, 0.15) is 0 Å². The van der Waals surface area contributed by atoms with Crippen LogP contribution in [-0.4, -0.2) is 36.1 Å². The second-order valence-electron chi connectivity index (χ2n) is 7.18. The van der Waals surface area contributed by atoms with Crippen LogP contribution in [0.25, 0.3) is 0 Å². The van der Waals surface area contributed by atoms with Crippen LogP contribution in [0.1, 0.15) is 45.1 Å². The number of nitrogens with one attached hydrogen (secondary N) is 1. The summed E-state index contributed by atoms with van der Waals surface area (Å²) in [5, 5.41) is 3.82. The number of nitrogens with zero attached hydrogens (tertiary/aromatic N) is 1. The van der Waals surface area contributed by atoms with E-state index in [0.29, 0.717) is 11.6 Å². The summed E-state index contributed by atoms with van der Waals surface area (Å²) in [6.45, 7) is 8.40. The zero-order valence-corrected chi connectivity index (χ0v) is 13.6. The van der Waals surface area contributed by atoms with Gasteiger partial charge in [0.2, 0.25) is 0 Å². The third-order valence-corrected chi connectivity index (χ3v) is 5.52. The SMILES string of the molecule is CCCC1CN(CCc2ccccc2)C(C)(C2CC2)CN1. The lowest BCUT2D eigenvalue weighted by Gasteiger charge is -2.49. The zero-order valence-electron chi connectivity index (χ0n) is 13.6. The summed E-state index contributed by atoms with van der Waals surface area (Å²) >= 11 is 0. The van der Waals surface area contributed by atoms with Gasteiger partial charge in [-0.15, -0.1) is 0 Å². The summed E-state index contributed by atoms with van der Waals surface area (Å²) in [6.07, 6.45) is 6.63. The second kappa shape index (κ2) is 6.50. The van der Waals surface area contributed by atoms with E-state index in [2.05, 4.69) is 54.4 Å². The molecule has 1 heterocycles. The average molecular weight is 286 g/mol. The summed E-state index contributed by atoms with van der Waals surface area (Å²) in [4.78, 5) is 2.80.